The van der Waals surface area contributed by atoms with E-state index in [0.717, 1.165) is 22.4 Å². The van der Waals surface area contributed by atoms with Crippen molar-refractivity contribution in [1.82, 2.24) is 13.7 Å². The van der Waals surface area contributed by atoms with Gasteiger partial charge in [-0.3, -0.25) is 0 Å². The summed E-state index contributed by atoms with van der Waals surface area (Å²) in [6.45, 7) is 1.84. The molecular weight excluding hydrogens is 436 g/mol. The minimum Gasteiger partial charge on any atom is -0.495 e. The first kappa shape index (κ1) is 20.1. The van der Waals surface area contributed by atoms with Gasteiger partial charge in [-0.2, -0.15) is 4.31 Å². The third-order valence-electron chi connectivity index (χ3n) is 5.64. The fraction of sp³-hybridized carbons (Fsp3) is 0.227. The van der Waals surface area contributed by atoms with Crippen molar-refractivity contribution in [2.24, 2.45) is 0 Å². The van der Waals surface area contributed by atoms with Gasteiger partial charge in [0.2, 0.25) is 10.0 Å². The summed E-state index contributed by atoms with van der Waals surface area (Å²) < 4.78 is 35.0. The second-order valence-electron chi connectivity index (χ2n) is 7.38. The smallest absolute Gasteiger partial charge is 0.243 e. The van der Waals surface area contributed by atoms with Crippen LogP contribution in [0, 0.1) is 0 Å². The number of anilines is 1. The zero-order valence-electron chi connectivity index (χ0n) is 16.9. The average molecular weight is 457 g/mol. The number of hydrogen-bond acceptors (Lipinski definition) is 5. The van der Waals surface area contributed by atoms with Crippen LogP contribution in [0.5, 0.6) is 5.75 Å². The Morgan fingerprint density at radius 2 is 1.71 bits per heavy atom. The molecule has 0 N–H and O–H groups in total. The van der Waals surface area contributed by atoms with E-state index < -0.39 is 10.0 Å². The molecule has 0 radical (unpaired) electrons. The second-order valence-corrected chi connectivity index (χ2v) is 9.72. The van der Waals surface area contributed by atoms with E-state index in [1.807, 2.05) is 42.6 Å². The van der Waals surface area contributed by atoms with Crippen molar-refractivity contribution in [2.75, 3.05) is 38.2 Å². The van der Waals surface area contributed by atoms with Crippen molar-refractivity contribution in [3.63, 3.8) is 0 Å². The lowest BCUT2D eigenvalue weighted by Gasteiger charge is -2.35. The molecule has 160 valence electrons. The summed E-state index contributed by atoms with van der Waals surface area (Å²) >= 11 is 6.14. The molecule has 5 rings (SSSR count). The molecule has 0 atom stereocenters. The summed E-state index contributed by atoms with van der Waals surface area (Å²) in [5.74, 6) is 1.32. The summed E-state index contributed by atoms with van der Waals surface area (Å²) in [6, 6.07) is 16.6. The zero-order valence-corrected chi connectivity index (χ0v) is 18.5. The van der Waals surface area contributed by atoms with Gasteiger partial charge in [0.15, 0.2) is 5.82 Å². The highest BCUT2D eigenvalue weighted by Crippen LogP contribution is 2.30. The van der Waals surface area contributed by atoms with Gasteiger partial charge in [0.05, 0.1) is 33.6 Å². The van der Waals surface area contributed by atoms with Crippen molar-refractivity contribution in [1.29, 1.82) is 0 Å². The number of hydrogen-bond donors (Lipinski definition) is 0. The molecule has 1 fully saturated rings. The summed E-state index contributed by atoms with van der Waals surface area (Å²) in [5.41, 5.74) is 2.96. The maximum absolute atomic E-state index is 13.1. The van der Waals surface area contributed by atoms with Crippen LogP contribution in [0.2, 0.25) is 5.02 Å². The maximum atomic E-state index is 13.1. The molecular formula is C22H21ClN4O3S. The van der Waals surface area contributed by atoms with Crippen LogP contribution >= 0.6 is 11.6 Å². The lowest BCUT2D eigenvalue weighted by atomic mass is 10.2. The van der Waals surface area contributed by atoms with Crippen LogP contribution in [0.15, 0.2) is 65.7 Å². The molecule has 9 heteroatoms. The second kappa shape index (κ2) is 7.71. The van der Waals surface area contributed by atoms with Crippen LogP contribution in [-0.4, -0.2) is 55.4 Å². The molecule has 0 amide bonds. The van der Waals surface area contributed by atoms with E-state index in [-0.39, 0.29) is 9.92 Å². The predicted octanol–water partition coefficient (Wildman–Crippen LogP) is 3.66. The molecule has 2 aromatic carbocycles. The zero-order chi connectivity index (χ0) is 21.6. The molecule has 0 aliphatic carbocycles. The van der Waals surface area contributed by atoms with E-state index in [4.69, 9.17) is 21.3 Å². The first-order chi connectivity index (χ1) is 15.0. The Balaban J connectivity index is 1.41. The van der Waals surface area contributed by atoms with Gasteiger partial charge in [-0.15, -0.1) is 0 Å². The maximum Gasteiger partial charge on any atom is 0.243 e. The Bertz CT molecular complexity index is 1380. The van der Waals surface area contributed by atoms with Crippen LogP contribution in [0.3, 0.4) is 0 Å². The standard InChI is InChI=1S/C22H21ClN4O3S/c1-30-21-9-8-16(15-17(21)23)31(28,29)26-13-11-25(12-14-26)22-20-7-4-10-27(20)19-6-3-2-5-18(19)24-22/h2-10,15H,11-14H2,1H3. The first-order valence-corrected chi connectivity index (χ1v) is 11.8. The molecule has 0 unspecified atom stereocenters. The molecule has 0 bridgehead atoms. The molecule has 31 heavy (non-hydrogen) atoms. The number of rotatable bonds is 4. The van der Waals surface area contributed by atoms with E-state index in [1.54, 1.807) is 6.07 Å². The summed E-state index contributed by atoms with van der Waals surface area (Å²) in [4.78, 5) is 7.20. The quantitative estimate of drug-likeness (QED) is 0.469. The molecule has 1 aliphatic heterocycles. The Morgan fingerprint density at radius 3 is 2.45 bits per heavy atom. The van der Waals surface area contributed by atoms with Gasteiger partial charge in [-0.05, 0) is 42.5 Å². The van der Waals surface area contributed by atoms with Crippen LogP contribution in [0.1, 0.15) is 0 Å². The molecule has 1 aliphatic rings. The minimum atomic E-state index is -3.64. The molecule has 7 nitrogen and oxygen atoms in total. The van der Waals surface area contributed by atoms with Gasteiger partial charge in [-0.1, -0.05) is 23.7 Å². The summed E-state index contributed by atoms with van der Waals surface area (Å²) in [6.07, 6.45) is 2.02. The Morgan fingerprint density at radius 1 is 0.968 bits per heavy atom. The van der Waals surface area contributed by atoms with Gasteiger partial charge >= 0.3 is 0 Å². The third-order valence-corrected chi connectivity index (χ3v) is 7.83. The number of fused-ring (bicyclic) bond motifs is 3. The topological polar surface area (TPSA) is 67.2 Å². The largest absolute Gasteiger partial charge is 0.495 e. The fourth-order valence-electron chi connectivity index (χ4n) is 4.04. The van der Waals surface area contributed by atoms with E-state index in [1.165, 1.54) is 23.5 Å². The van der Waals surface area contributed by atoms with E-state index >= 15 is 0 Å². The van der Waals surface area contributed by atoms with Gasteiger partial charge in [0, 0.05) is 32.4 Å². The Labute approximate surface area is 185 Å². The van der Waals surface area contributed by atoms with E-state index in [2.05, 4.69) is 9.30 Å². The van der Waals surface area contributed by atoms with Gasteiger partial charge in [0.1, 0.15) is 5.75 Å². The highest BCUT2D eigenvalue weighted by atomic mass is 35.5. The van der Waals surface area contributed by atoms with Crippen molar-refractivity contribution >= 4 is 44.0 Å². The number of halogens is 1. The first-order valence-electron chi connectivity index (χ1n) is 9.93. The van der Waals surface area contributed by atoms with Gasteiger partial charge < -0.3 is 14.0 Å². The lowest BCUT2D eigenvalue weighted by Crippen LogP contribution is -2.49. The number of methoxy groups -OCH3 is 1. The van der Waals surface area contributed by atoms with E-state index in [0.29, 0.717) is 31.9 Å². The highest BCUT2D eigenvalue weighted by Gasteiger charge is 2.30. The molecule has 0 saturated carbocycles. The molecule has 0 spiro atoms. The van der Waals surface area contributed by atoms with Gasteiger partial charge in [0.25, 0.3) is 0 Å². The van der Waals surface area contributed by atoms with Crippen LogP contribution in [-0.2, 0) is 10.0 Å². The highest BCUT2D eigenvalue weighted by molar-refractivity contribution is 7.89. The fourth-order valence-corrected chi connectivity index (χ4v) is 5.81. The lowest BCUT2D eigenvalue weighted by molar-refractivity contribution is 0.384. The molecule has 3 heterocycles. The van der Waals surface area contributed by atoms with E-state index in [9.17, 15) is 8.42 Å². The summed E-state index contributed by atoms with van der Waals surface area (Å²) in [5, 5.41) is 0.276. The van der Waals surface area contributed by atoms with Crippen molar-refractivity contribution in [3.05, 3.63) is 65.8 Å². The van der Waals surface area contributed by atoms with Crippen molar-refractivity contribution in [3.8, 4) is 5.75 Å². The number of aromatic nitrogens is 2. The van der Waals surface area contributed by atoms with Gasteiger partial charge in [-0.25, -0.2) is 13.4 Å². The van der Waals surface area contributed by atoms with Crippen LogP contribution in [0.4, 0.5) is 5.82 Å². The number of sulfonamides is 1. The number of nitrogens with zero attached hydrogens (tertiary/aromatic N) is 4. The summed E-state index contributed by atoms with van der Waals surface area (Å²) in [7, 11) is -2.14. The minimum absolute atomic E-state index is 0.171. The molecule has 4 aromatic rings. The monoisotopic (exact) mass is 456 g/mol. The van der Waals surface area contributed by atoms with Crippen LogP contribution < -0.4 is 9.64 Å². The number of ether oxygens (including phenoxy) is 1. The third kappa shape index (κ3) is 3.40. The number of benzene rings is 2. The van der Waals surface area contributed by atoms with Crippen molar-refractivity contribution in [2.45, 2.75) is 4.90 Å². The average Bonchev–Trinajstić information content (AvgIpc) is 3.29. The normalized spacial score (nSPS) is 15.6. The molecule has 2 aromatic heterocycles. The Kier molecular flexibility index (Phi) is 5.00. The Hall–Kier alpha value is -2.81. The molecule has 1 saturated heterocycles. The number of piperazine rings is 1. The SMILES string of the molecule is COc1ccc(S(=O)(=O)N2CCN(c3nc4ccccc4n4cccc34)CC2)cc1Cl. The predicted molar refractivity (Wildman–Crippen MR) is 122 cm³/mol. The number of para-hydroxylation sites is 2. The van der Waals surface area contributed by atoms with Crippen LogP contribution in [0.25, 0.3) is 16.6 Å². The van der Waals surface area contributed by atoms with Crippen molar-refractivity contribution < 1.29 is 13.2 Å².